The van der Waals surface area contributed by atoms with Gasteiger partial charge in [0.15, 0.2) is 0 Å². The lowest BCUT2D eigenvalue weighted by molar-refractivity contribution is -0.145. The highest BCUT2D eigenvalue weighted by Crippen LogP contribution is 2.16. The molecule has 0 saturated carbocycles. The van der Waals surface area contributed by atoms with Crippen molar-refractivity contribution >= 4 is 17.0 Å². The lowest BCUT2D eigenvalue weighted by Gasteiger charge is -2.16. The quantitative estimate of drug-likeness (QED) is 0.829. The van der Waals surface area contributed by atoms with Gasteiger partial charge in [0.1, 0.15) is 11.9 Å². The van der Waals surface area contributed by atoms with Crippen LogP contribution >= 0.6 is 0 Å². The number of imidazole rings is 1. The zero-order valence-corrected chi connectivity index (χ0v) is 11.5. The van der Waals surface area contributed by atoms with Crippen molar-refractivity contribution in [1.82, 2.24) is 14.9 Å². The lowest BCUT2D eigenvalue weighted by Crippen LogP contribution is -2.39. The Morgan fingerprint density at radius 3 is 2.89 bits per heavy atom. The van der Waals surface area contributed by atoms with E-state index in [9.17, 15) is 4.79 Å². The number of nitrogens with zero attached hydrogens (tertiary/aromatic N) is 2. The number of ether oxygens (including phenoxy) is 1. The summed E-state index contributed by atoms with van der Waals surface area (Å²) in [5.74, 6) is 0.660. The van der Waals surface area contributed by atoms with Gasteiger partial charge in [-0.05, 0) is 33.0 Å². The molecule has 0 saturated heterocycles. The number of esters is 1. The molecule has 0 aliphatic rings. The maximum absolute atomic E-state index is 11.8. The Labute approximate surface area is 112 Å². The average molecular weight is 261 g/mol. The number of hydrogen-bond acceptors (Lipinski definition) is 4. The number of likely N-dealkylation sites (N-methyl/N-ethyl adjacent to an activating group) is 1. The summed E-state index contributed by atoms with van der Waals surface area (Å²) in [5, 5.41) is 2.99. The summed E-state index contributed by atoms with van der Waals surface area (Å²) in [7, 11) is 1.76. The SMILES string of the molecule is CCOC(=O)C(Cn1c(C)nc2ccccc21)NC. The Balaban J connectivity index is 2.29. The molecule has 19 heavy (non-hydrogen) atoms. The molecule has 0 radical (unpaired) electrons. The summed E-state index contributed by atoms with van der Waals surface area (Å²) in [6, 6.07) is 7.54. The van der Waals surface area contributed by atoms with Gasteiger partial charge in [-0.3, -0.25) is 4.79 Å². The van der Waals surface area contributed by atoms with Crippen molar-refractivity contribution in [2.45, 2.75) is 26.4 Å². The van der Waals surface area contributed by atoms with Gasteiger partial charge in [0, 0.05) is 0 Å². The highest BCUT2D eigenvalue weighted by Gasteiger charge is 2.20. The first-order valence-electron chi connectivity index (χ1n) is 6.43. The van der Waals surface area contributed by atoms with Gasteiger partial charge in [-0.25, -0.2) is 4.98 Å². The van der Waals surface area contributed by atoms with E-state index in [0.29, 0.717) is 13.2 Å². The molecule has 102 valence electrons. The molecule has 0 fully saturated rings. The fraction of sp³-hybridized carbons (Fsp3) is 0.429. The zero-order valence-electron chi connectivity index (χ0n) is 11.5. The number of carbonyl (C=O) groups is 1. The van der Waals surface area contributed by atoms with Crippen LogP contribution in [-0.4, -0.2) is 35.2 Å². The molecule has 1 aromatic heterocycles. The molecule has 5 heteroatoms. The number of aromatic nitrogens is 2. The van der Waals surface area contributed by atoms with Gasteiger partial charge in [-0.2, -0.15) is 0 Å². The summed E-state index contributed by atoms with van der Waals surface area (Å²) < 4.78 is 7.10. The molecule has 2 rings (SSSR count). The summed E-state index contributed by atoms with van der Waals surface area (Å²) in [6.45, 7) is 4.66. The first kappa shape index (κ1) is 13.5. The van der Waals surface area contributed by atoms with Crippen molar-refractivity contribution in [3.05, 3.63) is 30.1 Å². The fourth-order valence-electron chi connectivity index (χ4n) is 2.14. The van der Waals surface area contributed by atoms with Crippen LogP contribution in [0.15, 0.2) is 24.3 Å². The molecule has 0 aliphatic carbocycles. The molecule has 2 aromatic rings. The van der Waals surface area contributed by atoms with Crippen LogP contribution in [0, 0.1) is 6.92 Å². The summed E-state index contributed by atoms with van der Waals surface area (Å²) in [5.41, 5.74) is 1.98. The second kappa shape index (κ2) is 5.84. The number of hydrogen-bond donors (Lipinski definition) is 1. The number of carbonyl (C=O) groups excluding carboxylic acids is 1. The monoisotopic (exact) mass is 261 g/mol. The second-order valence-corrected chi connectivity index (χ2v) is 4.35. The number of fused-ring (bicyclic) bond motifs is 1. The summed E-state index contributed by atoms with van der Waals surface area (Å²) >= 11 is 0. The third kappa shape index (κ3) is 2.76. The van der Waals surface area contributed by atoms with Gasteiger partial charge in [-0.1, -0.05) is 12.1 Å². The normalized spacial score (nSPS) is 12.6. The standard InChI is InChI=1S/C14H19N3O2/c1-4-19-14(18)12(15-3)9-17-10(2)16-11-7-5-6-8-13(11)17/h5-8,12,15H,4,9H2,1-3H3. The van der Waals surface area contributed by atoms with Crippen LogP contribution < -0.4 is 5.32 Å². The third-order valence-electron chi connectivity index (χ3n) is 3.13. The molecule has 5 nitrogen and oxygen atoms in total. The maximum atomic E-state index is 11.8. The van der Waals surface area contributed by atoms with E-state index < -0.39 is 0 Å². The zero-order chi connectivity index (χ0) is 13.8. The summed E-state index contributed by atoms with van der Waals surface area (Å²) in [4.78, 5) is 16.3. The van der Waals surface area contributed by atoms with Gasteiger partial charge in [-0.15, -0.1) is 0 Å². The van der Waals surface area contributed by atoms with Crippen molar-refractivity contribution in [2.75, 3.05) is 13.7 Å². The van der Waals surface area contributed by atoms with Crippen LogP contribution in [0.5, 0.6) is 0 Å². The molecule has 1 N–H and O–H groups in total. The number of aryl methyl sites for hydroxylation is 1. The van der Waals surface area contributed by atoms with E-state index in [2.05, 4.69) is 10.3 Å². The van der Waals surface area contributed by atoms with Gasteiger partial charge < -0.3 is 14.6 Å². The fourth-order valence-corrected chi connectivity index (χ4v) is 2.14. The minimum absolute atomic E-state index is 0.234. The topological polar surface area (TPSA) is 56.2 Å². The van der Waals surface area contributed by atoms with Crippen molar-refractivity contribution in [3.63, 3.8) is 0 Å². The molecule has 0 aliphatic heterocycles. The second-order valence-electron chi connectivity index (χ2n) is 4.35. The van der Waals surface area contributed by atoms with Crippen LogP contribution in [0.4, 0.5) is 0 Å². The predicted octanol–water partition coefficient (Wildman–Crippen LogP) is 1.50. The highest BCUT2D eigenvalue weighted by atomic mass is 16.5. The molecule has 1 unspecified atom stereocenters. The Kier molecular flexibility index (Phi) is 4.16. The Morgan fingerprint density at radius 1 is 1.47 bits per heavy atom. The van der Waals surface area contributed by atoms with Crippen LogP contribution in [0.1, 0.15) is 12.7 Å². The Hall–Kier alpha value is -1.88. The molecule has 1 aromatic carbocycles. The Morgan fingerprint density at radius 2 is 2.21 bits per heavy atom. The highest BCUT2D eigenvalue weighted by molar-refractivity contribution is 5.78. The van der Waals surface area contributed by atoms with E-state index in [4.69, 9.17) is 4.74 Å². The third-order valence-corrected chi connectivity index (χ3v) is 3.13. The smallest absolute Gasteiger partial charge is 0.324 e. The van der Waals surface area contributed by atoms with Crippen molar-refractivity contribution in [3.8, 4) is 0 Å². The van der Waals surface area contributed by atoms with Crippen LogP contribution in [0.2, 0.25) is 0 Å². The first-order chi connectivity index (χ1) is 9.17. The van der Waals surface area contributed by atoms with Gasteiger partial charge in [0.05, 0.1) is 24.2 Å². The number of para-hydroxylation sites is 2. The molecular weight excluding hydrogens is 242 g/mol. The van der Waals surface area contributed by atoms with Gasteiger partial charge in [0.25, 0.3) is 0 Å². The summed E-state index contributed by atoms with van der Waals surface area (Å²) in [6.07, 6.45) is 0. The van der Waals surface area contributed by atoms with E-state index in [1.807, 2.05) is 42.7 Å². The van der Waals surface area contributed by atoms with E-state index in [-0.39, 0.29) is 12.0 Å². The first-order valence-corrected chi connectivity index (χ1v) is 6.43. The van der Waals surface area contributed by atoms with Crippen molar-refractivity contribution in [1.29, 1.82) is 0 Å². The largest absolute Gasteiger partial charge is 0.465 e. The van der Waals surface area contributed by atoms with E-state index in [1.54, 1.807) is 7.05 Å². The predicted molar refractivity (Wildman–Crippen MR) is 74.0 cm³/mol. The van der Waals surface area contributed by atoms with Crippen molar-refractivity contribution < 1.29 is 9.53 Å². The van der Waals surface area contributed by atoms with Crippen LogP contribution in [0.3, 0.4) is 0 Å². The molecule has 1 heterocycles. The van der Waals surface area contributed by atoms with E-state index in [0.717, 1.165) is 16.9 Å². The van der Waals surface area contributed by atoms with Crippen LogP contribution in [-0.2, 0) is 16.1 Å². The number of benzene rings is 1. The van der Waals surface area contributed by atoms with Crippen molar-refractivity contribution in [2.24, 2.45) is 0 Å². The van der Waals surface area contributed by atoms with E-state index in [1.165, 1.54) is 0 Å². The van der Waals surface area contributed by atoms with Gasteiger partial charge >= 0.3 is 5.97 Å². The minimum atomic E-state index is -0.365. The van der Waals surface area contributed by atoms with Crippen LogP contribution in [0.25, 0.3) is 11.0 Å². The molecule has 0 bridgehead atoms. The number of nitrogens with one attached hydrogen (secondary N) is 1. The lowest BCUT2D eigenvalue weighted by atomic mass is 10.2. The molecule has 0 amide bonds. The van der Waals surface area contributed by atoms with Gasteiger partial charge in [0.2, 0.25) is 0 Å². The molecule has 0 spiro atoms. The average Bonchev–Trinajstić information content (AvgIpc) is 2.72. The van der Waals surface area contributed by atoms with E-state index >= 15 is 0 Å². The maximum Gasteiger partial charge on any atom is 0.324 e. The Bertz CT molecular complexity index is 577. The number of rotatable bonds is 5. The minimum Gasteiger partial charge on any atom is -0.465 e. The molecule has 1 atom stereocenters. The molecular formula is C14H19N3O2.